The minimum Gasteiger partial charge on any atom is -0.481 e. The van der Waals surface area contributed by atoms with E-state index in [1.54, 1.807) is 0 Å². The number of carboxylic acids is 1. The van der Waals surface area contributed by atoms with E-state index >= 15 is 0 Å². The number of aliphatic carboxylic acids is 1. The Labute approximate surface area is 77.3 Å². The number of nitrogens with one attached hydrogen (secondary N) is 1. The number of hydrogen-bond acceptors (Lipinski definition) is 2. The summed E-state index contributed by atoms with van der Waals surface area (Å²) in [5.74, 6) is -1.20. The molecule has 0 bridgehead atoms. The number of carboxylic acid groups (broad SMARTS) is 1. The van der Waals surface area contributed by atoms with Crippen molar-refractivity contribution in [1.29, 1.82) is 0 Å². The van der Waals surface area contributed by atoms with E-state index in [-0.39, 0.29) is 23.3 Å². The van der Waals surface area contributed by atoms with Crippen LogP contribution in [0.25, 0.3) is 0 Å². The van der Waals surface area contributed by atoms with Gasteiger partial charge in [-0.15, -0.1) is 0 Å². The Bertz CT molecular complexity index is 247. The predicted octanol–water partition coefficient (Wildman–Crippen LogP) is 0.622. The SMILES string of the molecule is CC(=O)NC1CC(C(=O)O)C1(C)C. The molecular weight excluding hydrogens is 170 g/mol. The maximum atomic E-state index is 10.8. The summed E-state index contributed by atoms with van der Waals surface area (Å²) >= 11 is 0. The summed E-state index contributed by atoms with van der Waals surface area (Å²) in [4.78, 5) is 21.5. The van der Waals surface area contributed by atoms with Crippen molar-refractivity contribution in [3.8, 4) is 0 Å². The normalized spacial score (nSPS) is 30.4. The van der Waals surface area contributed by atoms with Crippen molar-refractivity contribution in [2.75, 3.05) is 0 Å². The molecular formula is C9H15NO3. The van der Waals surface area contributed by atoms with Gasteiger partial charge in [-0.2, -0.15) is 0 Å². The second-order valence-electron chi connectivity index (χ2n) is 4.20. The molecule has 0 aromatic carbocycles. The van der Waals surface area contributed by atoms with Gasteiger partial charge < -0.3 is 10.4 Å². The van der Waals surface area contributed by atoms with Gasteiger partial charge in [0.2, 0.25) is 5.91 Å². The Morgan fingerprint density at radius 2 is 2.00 bits per heavy atom. The molecule has 0 aliphatic heterocycles. The average molecular weight is 185 g/mol. The first-order valence-corrected chi connectivity index (χ1v) is 4.35. The minimum atomic E-state index is -0.772. The van der Waals surface area contributed by atoms with Crippen LogP contribution in [-0.4, -0.2) is 23.0 Å². The van der Waals surface area contributed by atoms with Gasteiger partial charge in [-0.3, -0.25) is 9.59 Å². The van der Waals surface area contributed by atoms with Gasteiger partial charge >= 0.3 is 5.97 Å². The maximum absolute atomic E-state index is 10.8. The number of hydrogen-bond donors (Lipinski definition) is 2. The lowest BCUT2D eigenvalue weighted by Gasteiger charge is -2.49. The van der Waals surface area contributed by atoms with Gasteiger partial charge in [-0.25, -0.2) is 0 Å². The third kappa shape index (κ3) is 1.66. The van der Waals surface area contributed by atoms with Crippen LogP contribution in [0.4, 0.5) is 0 Å². The molecule has 0 aromatic rings. The monoisotopic (exact) mass is 185 g/mol. The van der Waals surface area contributed by atoms with Gasteiger partial charge in [-0.1, -0.05) is 13.8 Å². The van der Waals surface area contributed by atoms with Crippen LogP contribution >= 0.6 is 0 Å². The highest BCUT2D eigenvalue weighted by Gasteiger charge is 2.52. The summed E-state index contributed by atoms with van der Waals surface area (Å²) < 4.78 is 0. The standard InChI is InChI=1S/C9H15NO3/c1-5(11)10-7-4-6(8(12)13)9(7,2)3/h6-7H,4H2,1-3H3,(H,10,11)(H,12,13). The molecule has 74 valence electrons. The Kier molecular flexibility index (Phi) is 2.32. The molecule has 1 aliphatic rings. The average Bonchev–Trinajstić information content (AvgIpc) is 1.96. The highest BCUT2D eigenvalue weighted by molar-refractivity contribution is 5.76. The Balaban J connectivity index is 2.59. The second kappa shape index (κ2) is 3.01. The number of carbonyl (C=O) groups is 2. The fraction of sp³-hybridized carbons (Fsp3) is 0.778. The lowest BCUT2D eigenvalue weighted by atomic mass is 9.58. The van der Waals surface area contributed by atoms with Crippen molar-refractivity contribution < 1.29 is 14.7 Å². The lowest BCUT2D eigenvalue weighted by Crippen LogP contribution is -2.60. The third-order valence-electron chi connectivity index (χ3n) is 2.94. The van der Waals surface area contributed by atoms with Crippen molar-refractivity contribution in [3.63, 3.8) is 0 Å². The van der Waals surface area contributed by atoms with Gasteiger partial charge in [0.05, 0.1) is 5.92 Å². The first kappa shape index (κ1) is 10.0. The molecule has 1 rings (SSSR count). The molecule has 2 unspecified atom stereocenters. The fourth-order valence-corrected chi connectivity index (χ4v) is 1.83. The predicted molar refractivity (Wildman–Crippen MR) is 47.1 cm³/mol. The van der Waals surface area contributed by atoms with Gasteiger partial charge in [0.1, 0.15) is 0 Å². The molecule has 4 nitrogen and oxygen atoms in total. The van der Waals surface area contributed by atoms with E-state index in [1.807, 2.05) is 13.8 Å². The summed E-state index contributed by atoms with van der Waals surface area (Å²) in [7, 11) is 0. The Hall–Kier alpha value is -1.06. The van der Waals surface area contributed by atoms with Crippen molar-refractivity contribution in [2.24, 2.45) is 11.3 Å². The van der Waals surface area contributed by atoms with E-state index in [4.69, 9.17) is 5.11 Å². The molecule has 0 spiro atoms. The van der Waals surface area contributed by atoms with Crippen molar-refractivity contribution in [1.82, 2.24) is 5.32 Å². The van der Waals surface area contributed by atoms with Gasteiger partial charge in [0.25, 0.3) is 0 Å². The van der Waals surface area contributed by atoms with E-state index < -0.39 is 5.97 Å². The van der Waals surface area contributed by atoms with Crippen LogP contribution in [-0.2, 0) is 9.59 Å². The van der Waals surface area contributed by atoms with Crippen LogP contribution in [0.5, 0.6) is 0 Å². The molecule has 1 fully saturated rings. The first-order valence-electron chi connectivity index (χ1n) is 4.35. The molecule has 0 heterocycles. The summed E-state index contributed by atoms with van der Waals surface area (Å²) in [6.45, 7) is 5.19. The van der Waals surface area contributed by atoms with Crippen LogP contribution in [0.1, 0.15) is 27.2 Å². The van der Waals surface area contributed by atoms with Crippen LogP contribution < -0.4 is 5.32 Å². The van der Waals surface area contributed by atoms with E-state index in [1.165, 1.54) is 6.92 Å². The summed E-state index contributed by atoms with van der Waals surface area (Å²) in [5, 5.41) is 11.6. The summed E-state index contributed by atoms with van der Waals surface area (Å²) in [5.41, 5.74) is -0.322. The lowest BCUT2D eigenvalue weighted by molar-refractivity contribution is -0.156. The van der Waals surface area contributed by atoms with Gasteiger partial charge in [0, 0.05) is 13.0 Å². The molecule has 0 radical (unpaired) electrons. The van der Waals surface area contributed by atoms with Gasteiger partial charge in [-0.05, 0) is 11.8 Å². The van der Waals surface area contributed by atoms with E-state index in [0.29, 0.717) is 6.42 Å². The van der Waals surface area contributed by atoms with Crippen molar-refractivity contribution in [2.45, 2.75) is 33.2 Å². The fourth-order valence-electron chi connectivity index (χ4n) is 1.83. The first-order chi connectivity index (χ1) is 5.85. The van der Waals surface area contributed by atoms with Crippen molar-refractivity contribution >= 4 is 11.9 Å². The topological polar surface area (TPSA) is 66.4 Å². The molecule has 4 heteroatoms. The Morgan fingerprint density at radius 3 is 2.31 bits per heavy atom. The number of rotatable bonds is 2. The van der Waals surface area contributed by atoms with Crippen LogP contribution in [0.2, 0.25) is 0 Å². The molecule has 13 heavy (non-hydrogen) atoms. The molecule has 2 atom stereocenters. The van der Waals surface area contributed by atoms with E-state index in [0.717, 1.165) is 0 Å². The molecule has 0 aromatic heterocycles. The van der Waals surface area contributed by atoms with E-state index in [9.17, 15) is 9.59 Å². The molecule has 0 saturated heterocycles. The summed E-state index contributed by atoms with van der Waals surface area (Å²) in [6.07, 6.45) is 0.544. The van der Waals surface area contributed by atoms with E-state index in [2.05, 4.69) is 5.32 Å². The van der Waals surface area contributed by atoms with Gasteiger partial charge in [0.15, 0.2) is 0 Å². The zero-order valence-corrected chi connectivity index (χ0v) is 8.13. The highest BCUT2D eigenvalue weighted by Crippen LogP contribution is 2.46. The molecule has 1 amide bonds. The minimum absolute atomic E-state index is 0.00565. The second-order valence-corrected chi connectivity index (χ2v) is 4.20. The zero-order valence-electron chi connectivity index (χ0n) is 8.13. The highest BCUT2D eigenvalue weighted by atomic mass is 16.4. The third-order valence-corrected chi connectivity index (χ3v) is 2.94. The summed E-state index contributed by atoms with van der Waals surface area (Å²) in [6, 6.07) is 0.00565. The smallest absolute Gasteiger partial charge is 0.307 e. The molecule has 1 saturated carbocycles. The molecule has 1 aliphatic carbocycles. The Morgan fingerprint density at radius 1 is 1.46 bits per heavy atom. The maximum Gasteiger partial charge on any atom is 0.307 e. The number of amides is 1. The quantitative estimate of drug-likeness (QED) is 0.662. The van der Waals surface area contributed by atoms with Crippen LogP contribution in [0, 0.1) is 11.3 Å². The van der Waals surface area contributed by atoms with Crippen LogP contribution in [0.15, 0.2) is 0 Å². The zero-order chi connectivity index (χ0) is 10.2. The molecule has 2 N–H and O–H groups in total. The number of carbonyl (C=O) groups excluding carboxylic acids is 1. The van der Waals surface area contributed by atoms with Crippen LogP contribution in [0.3, 0.4) is 0 Å². The van der Waals surface area contributed by atoms with Crippen molar-refractivity contribution in [3.05, 3.63) is 0 Å². The largest absolute Gasteiger partial charge is 0.481 e.